The van der Waals surface area contributed by atoms with Crippen LogP contribution in [0.5, 0.6) is 0 Å². The van der Waals surface area contributed by atoms with E-state index >= 15 is 0 Å². The van der Waals surface area contributed by atoms with E-state index in [2.05, 4.69) is 77.7 Å². The first kappa shape index (κ1) is 25.6. The lowest BCUT2D eigenvalue weighted by molar-refractivity contribution is 0.0551. The van der Waals surface area contributed by atoms with Crippen LogP contribution in [-0.4, -0.2) is 35.2 Å². The molecule has 4 nitrogen and oxygen atoms in total. The van der Waals surface area contributed by atoms with E-state index in [-0.39, 0.29) is 6.04 Å². The molecule has 1 saturated heterocycles. The molecule has 6 rings (SSSR count). The van der Waals surface area contributed by atoms with Gasteiger partial charge in [-0.3, -0.25) is 14.5 Å². The van der Waals surface area contributed by atoms with Crippen molar-refractivity contribution in [2.45, 2.75) is 17.2 Å². The topological polar surface area (TPSA) is 57.4 Å². The first-order valence-corrected chi connectivity index (χ1v) is 13.4. The van der Waals surface area contributed by atoms with Crippen LogP contribution in [0.1, 0.15) is 48.5 Å². The second kappa shape index (κ2) is 10.5. The molecule has 0 amide bonds. The largest absolute Gasteiger partial charge is 0.379 e. The van der Waals surface area contributed by atoms with E-state index in [4.69, 9.17) is 0 Å². The van der Waals surface area contributed by atoms with E-state index in [0.717, 1.165) is 29.3 Å². The van der Waals surface area contributed by atoms with Crippen LogP contribution < -0.4 is 0 Å². The van der Waals surface area contributed by atoms with Gasteiger partial charge >= 0.3 is 0 Å². The Bertz CT molecular complexity index is 1450. The third-order valence-corrected chi connectivity index (χ3v) is 8.07. The minimum atomic E-state index is -1.41. The summed E-state index contributed by atoms with van der Waals surface area (Å²) in [7, 11) is 0. The minimum absolute atomic E-state index is 0.308. The average Bonchev–Trinajstić information content (AvgIpc) is 3.84. The Balaban J connectivity index is 1.57. The minimum Gasteiger partial charge on any atom is -0.379 e. The van der Waals surface area contributed by atoms with Gasteiger partial charge in [-0.1, -0.05) is 140 Å². The Morgan fingerprint density at radius 3 is 1.20 bits per heavy atom. The molecule has 0 bridgehead atoms. The second-order valence-corrected chi connectivity index (χ2v) is 10.2. The van der Waals surface area contributed by atoms with Gasteiger partial charge in [-0.15, -0.1) is 0 Å². The number of carbonyl (C=O) groups is 2. The highest BCUT2D eigenvalue weighted by molar-refractivity contribution is 5.75. The van der Waals surface area contributed by atoms with Crippen molar-refractivity contribution in [3.63, 3.8) is 0 Å². The zero-order valence-corrected chi connectivity index (χ0v) is 21.9. The number of nitrogens with zero attached hydrogens (tertiary/aromatic N) is 1. The summed E-state index contributed by atoms with van der Waals surface area (Å²) in [6, 6.07) is 45.2. The van der Waals surface area contributed by atoms with Crippen molar-refractivity contribution < 1.29 is 14.7 Å². The Morgan fingerprint density at radius 2 is 0.875 bits per heavy atom. The van der Waals surface area contributed by atoms with Crippen LogP contribution in [0.25, 0.3) is 0 Å². The molecule has 1 N–H and O–H groups in total. The number of aldehydes is 2. The van der Waals surface area contributed by atoms with Crippen LogP contribution in [0.3, 0.4) is 0 Å². The van der Waals surface area contributed by atoms with Crippen LogP contribution in [0.4, 0.5) is 0 Å². The van der Waals surface area contributed by atoms with Gasteiger partial charge in [0, 0.05) is 17.7 Å². The molecular formula is C36H29NO3. The lowest BCUT2D eigenvalue weighted by Gasteiger charge is -2.40. The predicted octanol–water partition coefficient (Wildman–Crippen LogP) is 6.22. The highest BCUT2D eigenvalue weighted by Gasteiger charge is 2.61. The Kier molecular flexibility index (Phi) is 6.72. The van der Waals surface area contributed by atoms with Crippen LogP contribution in [0.15, 0.2) is 140 Å². The lowest BCUT2D eigenvalue weighted by Crippen LogP contribution is -2.44. The van der Waals surface area contributed by atoms with E-state index in [9.17, 15) is 14.7 Å². The van der Waals surface area contributed by atoms with Gasteiger partial charge in [0.2, 0.25) is 0 Å². The smallest absolute Gasteiger partial charge is 0.150 e. The van der Waals surface area contributed by atoms with E-state index < -0.39 is 11.1 Å². The fourth-order valence-electron chi connectivity index (χ4n) is 6.09. The molecule has 5 aromatic rings. The van der Waals surface area contributed by atoms with Gasteiger partial charge in [-0.2, -0.15) is 0 Å². The maximum Gasteiger partial charge on any atom is 0.150 e. The molecule has 0 spiro atoms. The molecule has 196 valence electrons. The fraction of sp³-hybridized carbons (Fsp3) is 0.111. The maximum absolute atomic E-state index is 12.8. The van der Waals surface area contributed by atoms with Gasteiger partial charge in [0.15, 0.2) is 0 Å². The van der Waals surface area contributed by atoms with E-state index in [0.29, 0.717) is 28.8 Å². The van der Waals surface area contributed by atoms with Crippen molar-refractivity contribution in [3.05, 3.63) is 178 Å². The van der Waals surface area contributed by atoms with Crippen LogP contribution in [0.2, 0.25) is 0 Å². The first-order valence-electron chi connectivity index (χ1n) is 13.4. The van der Waals surface area contributed by atoms with Crippen molar-refractivity contribution in [1.29, 1.82) is 0 Å². The molecular weight excluding hydrogens is 494 g/mol. The SMILES string of the molecule is O=Cc1ccc(C(O)(c2ccc(C=O)cc2)[C@@H]2CN2C(c2ccccc2)(c2ccccc2)c2ccccc2)cc1. The van der Waals surface area contributed by atoms with Crippen molar-refractivity contribution in [3.8, 4) is 0 Å². The number of benzene rings is 5. The lowest BCUT2D eigenvalue weighted by atomic mass is 9.76. The zero-order valence-electron chi connectivity index (χ0n) is 21.9. The predicted molar refractivity (Wildman–Crippen MR) is 156 cm³/mol. The summed E-state index contributed by atoms with van der Waals surface area (Å²) in [5.74, 6) is 0. The molecule has 40 heavy (non-hydrogen) atoms. The Labute approximate surface area is 234 Å². The molecule has 1 aliphatic rings. The number of hydrogen-bond donors (Lipinski definition) is 1. The zero-order chi connectivity index (χ0) is 27.6. The van der Waals surface area contributed by atoms with Crippen LogP contribution in [-0.2, 0) is 11.1 Å². The standard InChI is InChI=1S/C36H29NO3/c38-25-27-16-20-32(21-17-27)36(40,33-22-18-28(26-39)19-23-33)34-24-37(34)35(29-10-4-1-5-11-29,30-12-6-2-7-13-30)31-14-8-3-9-15-31/h1-23,25-26,34,40H,24H2/t34-,37?/m0/s1. The quantitative estimate of drug-likeness (QED) is 0.142. The van der Waals surface area contributed by atoms with Gasteiger partial charge in [0.05, 0.1) is 11.6 Å². The molecule has 1 unspecified atom stereocenters. The molecule has 1 fully saturated rings. The van der Waals surface area contributed by atoms with E-state index in [1.54, 1.807) is 24.3 Å². The number of aliphatic hydroxyl groups is 1. The molecule has 0 aromatic heterocycles. The molecule has 1 heterocycles. The summed E-state index contributed by atoms with van der Waals surface area (Å²) >= 11 is 0. The van der Waals surface area contributed by atoms with Crippen molar-refractivity contribution in [2.24, 2.45) is 0 Å². The summed E-state index contributed by atoms with van der Waals surface area (Å²) in [6.07, 6.45) is 1.60. The normalized spacial score (nSPS) is 16.7. The van der Waals surface area contributed by atoms with Crippen molar-refractivity contribution in [1.82, 2.24) is 4.90 Å². The van der Waals surface area contributed by atoms with Gasteiger partial charge in [-0.05, 0) is 27.8 Å². The third-order valence-electron chi connectivity index (χ3n) is 8.07. The van der Waals surface area contributed by atoms with Crippen LogP contribution >= 0.6 is 0 Å². The molecule has 0 saturated carbocycles. The summed E-state index contributed by atoms with van der Waals surface area (Å²) < 4.78 is 0. The van der Waals surface area contributed by atoms with Gasteiger partial charge < -0.3 is 5.11 Å². The van der Waals surface area contributed by atoms with E-state index in [1.165, 1.54) is 0 Å². The van der Waals surface area contributed by atoms with Gasteiger partial charge in [-0.25, -0.2) is 0 Å². The van der Waals surface area contributed by atoms with Gasteiger partial charge in [0.1, 0.15) is 18.2 Å². The Hall–Kier alpha value is -4.64. The third kappa shape index (κ3) is 4.19. The molecule has 5 aromatic carbocycles. The highest BCUT2D eigenvalue weighted by atomic mass is 16.3. The van der Waals surface area contributed by atoms with Crippen molar-refractivity contribution >= 4 is 12.6 Å². The molecule has 0 radical (unpaired) electrons. The monoisotopic (exact) mass is 523 g/mol. The summed E-state index contributed by atoms with van der Waals surface area (Å²) in [4.78, 5) is 25.2. The van der Waals surface area contributed by atoms with Crippen LogP contribution in [0, 0.1) is 0 Å². The molecule has 1 aliphatic heterocycles. The number of carbonyl (C=O) groups excluding carboxylic acids is 2. The summed E-state index contributed by atoms with van der Waals surface area (Å²) in [6.45, 7) is 0.611. The maximum atomic E-state index is 12.8. The first-order chi connectivity index (χ1) is 19.6. The number of rotatable bonds is 9. The summed E-state index contributed by atoms with van der Waals surface area (Å²) in [5.41, 5.74) is 3.68. The highest BCUT2D eigenvalue weighted by Crippen LogP contribution is 2.53. The summed E-state index contributed by atoms with van der Waals surface area (Å²) in [5, 5.41) is 12.8. The van der Waals surface area contributed by atoms with E-state index in [1.807, 2.05) is 42.5 Å². The molecule has 2 atom stereocenters. The Morgan fingerprint density at radius 1 is 0.525 bits per heavy atom. The average molecular weight is 524 g/mol. The molecule has 4 heteroatoms. The molecule has 0 aliphatic carbocycles. The second-order valence-electron chi connectivity index (χ2n) is 10.2. The fourth-order valence-corrected chi connectivity index (χ4v) is 6.09. The number of hydrogen-bond acceptors (Lipinski definition) is 4. The van der Waals surface area contributed by atoms with Crippen molar-refractivity contribution in [2.75, 3.05) is 6.54 Å². The van der Waals surface area contributed by atoms with Gasteiger partial charge in [0.25, 0.3) is 0 Å².